The van der Waals surface area contributed by atoms with Crippen molar-refractivity contribution >= 4 is 22.9 Å². The van der Waals surface area contributed by atoms with Crippen molar-refractivity contribution in [3.8, 4) is 5.75 Å². The molecule has 2 aromatic rings. The first kappa shape index (κ1) is 13.3. The number of aromatic nitrogens is 1. The quantitative estimate of drug-likeness (QED) is 0.917. The van der Waals surface area contributed by atoms with Crippen LogP contribution >= 0.6 is 22.9 Å². The maximum absolute atomic E-state index is 6.01. The van der Waals surface area contributed by atoms with Gasteiger partial charge in [-0.3, -0.25) is 0 Å². The van der Waals surface area contributed by atoms with Crippen LogP contribution in [0.2, 0.25) is 5.02 Å². The van der Waals surface area contributed by atoms with Gasteiger partial charge in [0.05, 0.1) is 10.7 Å². The average molecular weight is 283 g/mol. The minimum Gasteiger partial charge on any atom is -0.492 e. The fourth-order valence-corrected chi connectivity index (χ4v) is 2.40. The SMILES string of the molecule is Cc1nc(CC(N)COc2cccc(Cl)c2)cs1. The maximum Gasteiger partial charge on any atom is 0.120 e. The van der Waals surface area contributed by atoms with Crippen LogP contribution in [-0.4, -0.2) is 17.6 Å². The number of thiazole rings is 1. The third-order valence-corrected chi connectivity index (χ3v) is 3.46. The Morgan fingerprint density at radius 1 is 1.50 bits per heavy atom. The number of aryl methyl sites for hydroxylation is 1. The van der Waals surface area contributed by atoms with Gasteiger partial charge in [0.15, 0.2) is 0 Å². The molecule has 2 rings (SSSR count). The zero-order valence-corrected chi connectivity index (χ0v) is 11.7. The maximum atomic E-state index is 6.01. The van der Waals surface area contributed by atoms with Crippen molar-refractivity contribution in [2.45, 2.75) is 19.4 Å². The number of nitrogens with zero attached hydrogens (tertiary/aromatic N) is 1. The van der Waals surface area contributed by atoms with Crippen LogP contribution in [0, 0.1) is 6.92 Å². The van der Waals surface area contributed by atoms with Gasteiger partial charge in [0.1, 0.15) is 12.4 Å². The molecule has 1 aromatic carbocycles. The fraction of sp³-hybridized carbons (Fsp3) is 0.308. The van der Waals surface area contributed by atoms with Gasteiger partial charge in [-0.15, -0.1) is 11.3 Å². The third-order valence-electron chi connectivity index (χ3n) is 2.40. The Kier molecular flexibility index (Phi) is 4.58. The second-order valence-corrected chi connectivity index (χ2v) is 5.59. The number of hydrogen-bond acceptors (Lipinski definition) is 4. The van der Waals surface area contributed by atoms with Crippen molar-refractivity contribution in [1.29, 1.82) is 0 Å². The van der Waals surface area contributed by atoms with Gasteiger partial charge in [-0.25, -0.2) is 4.98 Å². The second kappa shape index (κ2) is 6.18. The van der Waals surface area contributed by atoms with Gasteiger partial charge in [0.25, 0.3) is 0 Å². The lowest BCUT2D eigenvalue weighted by atomic mass is 10.2. The lowest BCUT2D eigenvalue weighted by Gasteiger charge is -2.12. The van der Waals surface area contributed by atoms with E-state index in [1.165, 1.54) is 0 Å². The molecule has 0 fully saturated rings. The van der Waals surface area contributed by atoms with Crippen LogP contribution in [0.15, 0.2) is 29.6 Å². The molecule has 0 amide bonds. The summed E-state index contributed by atoms with van der Waals surface area (Å²) < 4.78 is 5.59. The zero-order valence-electron chi connectivity index (χ0n) is 10.1. The van der Waals surface area contributed by atoms with E-state index in [1.807, 2.05) is 30.5 Å². The molecule has 2 N–H and O–H groups in total. The summed E-state index contributed by atoms with van der Waals surface area (Å²) in [5, 5.41) is 3.76. The van der Waals surface area contributed by atoms with Crippen molar-refractivity contribution < 1.29 is 4.74 Å². The van der Waals surface area contributed by atoms with Crippen LogP contribution in [0.3, 0.4) is 0 Å². The Balaban J connectivity index is 1.83. The summed E-state index contributed by atoms with van der Waals surface area (Å²) in [6, 6.07) is 7.25. The molecule has 0 aliphatic carbocycles. The Morgan fingerprint density at radius 3 is 3.00 bits per heavy atom. The van der Waals surface area contributed by atoms with Crippen LogP contribution < -0.4 is 10.5 Å². The van der Waals surface area contributed by atoms with E-state index in [4.69, 9.17) is 22.1 Å². The van der Waals surface area contributed by atoms with E-state index in [2.05, 4.69) is 4.98 Å². The lowest BCUT2D eigenvalue weighted by molar-refractivity contribution is 0.287. The Morgan fingerprint density at radius 2 is 2.33 bits per heavy atom. The van der Waals surface area contributed by atoms with Gasteiger partial charge in [0.2, 0.25) is 0 Å². The fourth-order valence-electron chi connectivity index (χ4n) is 1.59. The van der Waals surface area contributed by atoms with Crippen LogP contribution in [0.25, 0.3) is 0 Å². The Bertz CT molecular complexity index is 515. The van der Waals surface area contributed by atoms with Crippen molar-refractivity contribution in [1.82, 2.24) is 4.98 Å². The van der Waals surface area contributed by atoms with Crippen LogP contribution in [0.5, 0.6) is 5.75 Å². The van der Waals surface area contributed by atoms with Crippen LogP contribution in [0.1, 0.15) is 10.7 Å². The number of hydrogen-bond donors (Lipinski definition) is 1. The lowest BCUT2D eigenvalue weighted by Crippen LogP contribution is -2.30. The molecule has 0 bridgehead atoms. The first-order chi connectivity index (χ1) is 8.63. The summed E-state index contributed by atoms with van der Waals surface area (Å²) in [6.07, 6.45) is 0.727. The Hall–Kier alpha value is -1.10. The van der Waals surface area contributed by atoms with Crippen molar-refractivity contribution in [3.05, 3.63) is 45.4 Å². The number of nitrogens with two attached hydrogens (primary N) is 1. The van der Waals surface area contributed by atoms with Gasteiger partial charge < -0.3 is 10.5 Å². The molecule has 0 spiro atoms. The highest BCUT2D eigenvalue weighted by atomic mass is 35.5. The van der Waals surface area contributed by atoms with Crippen molar-refractivity contribution in [3.63, 3.8) is 0 Å². The minimum absolute atomic E-state index is 0.0644. The van der Waals surface area contributed by atoms with Crippen molar-refractivity contribution in [2.75, 3.05) is 6.61 Å². The van der Waals surface area contributed by atoms with Gasteiger partial charge in [0, 0.05) is 22.9 Å². The topological polar surface area (TPSA) is 48.1 Å². The van der Waals surface area contributed by atoms with Gasteiger partial charge in [-0.2, -0.15) is 0 Å². The van der Waals surface area contributed by atoms with Crippen molar-refractivity contribution in [2.24, 2.45) is 5.73 Å². The molecule has 0 aliphatic rings. The molecule has 0 aliphatic heterocycles. The monoisotopic (exact) mass is 282 g/mol. The standard InChI is InChI=1S/C13H15ClN2OS/c1-9-16-12(8-18-9)6-11(15)7-17-13-4-2-3-10(14)5-13/h2-5,8,11H,6-7,15H2,1H3. The number of halogens is 1. The summed E-state index contributed by atoms with van der Waals surface area (Å²) >= 11 is 7.51. The number of rotatable bonds is 5. The van der Waals surface area contributed by atoms with E-state index in [1.54, 1.807) is 17.4 Å². The minimum atomic E-state index is -0.0644. The highest BCUT2D eigenvalue weighted by molar-refractivity contribution is 7.09. The van der Waals surface area contributed by atoms with E-state index < -0.39 is 0 Å². The normalized spacial score (nSPS) is 12.4. The Labute approximate surface area is 116 Å². The second-order valence-electron chi connectivity index (χ2n) is 4.09. The molecule has 1 aromatic heterocycles. The molecule has 18 heavy (non-hydrogen) atoms. The van der Waals surface area contributed by atoms with Crippen LogP contribution in [-0.2, 0) is 6.42 Å². The number of benzene rings is 1. The van der Waals surface area contributed by atoms with E-state index in [9.17, 15) is 0 Å². The molecule has 1 heterocycles. The van der Waals surface area contributed by atoms with E-state index in [-0.39, 0.29) is 6.04 Å². The first-order valence-corrected chi connectivity index (χ1v) is 6.94. The number of ether oxygens (including phenoxy) is 1. The smallest absolute Gasteiger partial charge is 0.120 e. The first-order valence-electron chi connectivity index (χ1n) is 5.68. The molecule has 96 valence electrons. The third kappa shape index (κ3) is 3.98. The molecule has 1 atom stereocenters. The summed E-state index contributed by atoms with van der Waals surface area (Å²) in [6.45, 7) is 2.44. The molecular weight excluding hydrogens is 268 g/mol. The molecule has 0 saturated heterocycles. The summed E-state index contributed by atoms with van der Waals surface area (Å²) in [5.41, 5.74) is 7.04. The van der Waals surface area contributed by atoms with E-state index >= 15 is 0 Å². The summed E-state index contributed by atoms with van der Waals surface area (Å²) in [5.74, 6) is 0.743. The molecule has 0 radical (unpaired) electrons. The molecule has 3 nitrogen and oxygen atoms in total. The van der Waals surface area contributed by atoms with Gasteiger partial charge in [-0.1, -0.05) is 17.7 Å². The van der Waals surface area contributed by atoms with E-state index in [0.29, 0.717) is 11.6 Å². The largest absolute Gasteiger partial charge is 0.492 e. The van der Waals surface area contributed by atoms with Gasteiger partial charge >= 0.3 is 0 Å². The van der Waals surface area contributed by atoms with E-state index in [0.717, 1.165) is 22.9 Å². The van der Waals surface area contributed by atoms with Gasteiger partial charge in [-0.05, 0) is 25.1 Å². The predicted molar refractivity (Wildman–Crippen MR) is 75.5 cm³/mol. The predicted octanol–water partition coefficient (Wildman–Crippen LogP) is 3.05. The molecule has 0 saturated carbocycles. The average Bonchev–Trinajstić information content (AvgIpc) is 2.72. The molecule has 5 heteroatoms. The highest BCUT2D eigenvalue weighted by Crippen LogP contribution is 2.17. The summed E-state index contributed by atoms with van der Waals surface area (Å²) in [7, 11) is 0. The summed E-state index contributed by atoms with van der Waals surface area (Å²) in [4.78, 5) is 4.38. The zero-order chi connectivity index (χ0) is 13.0. The highest BCUT2D eigenvalue weighted by Gasteiger charge is 2.08. The van der Waals surface area contributed by atoms with Crippen LogP contribution in [0.4, 0.5) is 0 Å². The molecular formula is C13H15ClN2OS. The molecule has 1 unspecified atom stereocenters.